The maximum absolute atomic E-state index is 9.57. The largest absolute Gasteiger partial charge is 0.311 e. The van der Waals surface area contributed by atoms with Gasteiger partial charge in [-0.2, -0.15) is 0 Å². The minimum Gasteiger partial charge on any atom is -0.311 e. The van der Waals surface area contributed by atoms with E-state index >= 15 is 0 Å². The zero-order chi connectivity index (χ0) is 48.2. The zero-order valence-corrected chi connectivity index (χ0v) is 22.4. The molecule has 7 rings (SSSR count). The Morgan fingerprint density at radius 2 is 0.860 bits per heavy atom. The van der Waals surface area contributed by atoms with Crippen LogP contribution in [-0.4, -0.2) is 0 Å². The third-order valence-electron chi connectivity index (χ3n) is 6.31. The van der Waals surface area contributed by atoms with Gasteiger partial charge in [-0.15, -0.1) is 0 Å². The Balaban J connectivity index is 1.65. The lowest BCUT2D eigenvalue weighted by Crippen LogP contribution is -2.12. The molecule has 0 aromatic heterocycles. The quantitative estimate of drug-likeness (QED) is 0.187. The molecule has 0 saturated carbocycles. The molecule has 7 aromatic rings. The van der Waals surface area contributed by atoms with Gasteiger partial charge in [0.15, 0.2) is 0 Å². The molecule has 0 fully saturated rings. The van der Waals surface area contributed by atoms with Crippen LogP contribution in [0.4, 0.5) is 34.1 Å². The van der Waals surface area contributed by atoms with E-state index in [1.54, 1.807) is 30.3 Å². The first kappa shape index (κ1) is 11.6. The predicted molar refractivity (Wildman–Crippen MR) is 183 cm³/mol. The van der Waals surface area contributed by atoms with Crippen LogP contribution in [0.15, 0.2) is 175 Å². The molecule has 2 nitrogen and oxygen atoms in total. The lowest BCUT2D eigenvalue weighted by molar-refractivity contribution is 1.26. The fourth-order valence-corrected chi connectivity index (χ4v) is 4.37. The summed E-state index contributed by atoms with van der Waals surface area (Å²) in [5.41, 5.74) is -5.24. The van der Waals surface area contributed by atoms with Crippen LogP contribution in [0.5, 0.6) is 0 Å². The summed E-state index contributed by atoms with van der Waals surface area (Å²) in [5.74, 6) is 0. The maximum Gasteiger partial charge on any atom is 0.0646 e. The van der Waals surface area contributed by atoms with Gasteiger partial charge in [0, 0.05) is 33.8 Å². The molecule has 2 heteroatoms. The van der Waals surface area contributed by atoms with Crippen LogP contribution in [-0.2, 0) is 0 Å². The van der Waals surface area contributed by atoms with Crippen LogP contribution >= 0.6 is 0 Å². The van der Waals surface area contributed by atoms with E-state index in [0.717, 1.165) is 4.90 Å². The van der Waals surface area contributed by atoms with E-state index < -0.39 is 172 Å². The standard InChI is InChI=1S/C41H32N2/c1-31-19-21-32(22-20-31)33-23-25-38(26-24-33)43(41-18-10-12-34-11-8-9-17-40(34)41)39-29-27-37(28-30-39)42(35-13-4-2-5-14-35)36-15-6-3-7-16-36/h2-30H,1H3/i2D,3D,4D,5D,6D,7D,13D,14D,15D,16D,19D,20D,21D,22D,23D,24D,25D,26D,27D,28D,29D,30D. The number of hydrogen-bond acceptors (Lipinski definition) is 2. The fraction of sp³-hybridized carbons (Fsp3) is 0.0244. The predicted octanol–water partition coefficient (Wildman–Crippen LogP) is 11.8. The first-order valence-electron chi connectivity index (χ1n) is 23.9. The SMILES string of the molecule is [2H]c1c([2H])c([2H])c(N(c2c([2H])c([2H])c([2H])c([2H])c2[2H])c2c([2H])c([2H])c(N(c3c([2H])c([2H])c(-c4c([2H])c([2H])c(C)c([2H])c4[2H])c([2H])c3[2H])c3cccc4ccccc34)c([2H])c2[2H])c([2H])c1[2H]. The summed E-state index contributed by atoms with van der Waals surface area (Å²) in [6.45, 7) is 1.35. The Morgan fingerprint density at radius 3 is 1.44 bits per heavy atom. The van der Waals surface area contributed by atoms with Crippen molar-refractivity contribution in [3.63, 3.8) is 0 Å². The van der Waals surface area contributed by atoms with Crippen molar-refractivity contribution < 1.29 is 30.2 Å². The third-order valence-corrected chi connectivity index (χ3v) is 6.31. The number of benzene rings is 7. The van der Waals surface area contributed by atoms with Gasteiger partial charge in [0.25, 0.3) is 0 Å². The average molecular weight is 575 g/mol. The van der Waals surface area contributed by atoms with Gasteiger partial charge in [-0.25, -0.2) is 0 Å². The number of rotatable bonds is 7. The monoisotopic (exact) mass is 574 g/mol. The number of anilines is 6. The lowest BCUT2D eigenvalue weighted by atomic mass is 10.0. The van der Waals surface area contributed by atoms with E-state index in [1.165, 1.54) is 19.1 Å². The Bertz CT molecular complexity index is 3000. The highest BCUT2D eigenvalue weighted by molar-refractivity contribution is 5.99. The van der Waals surface area contributed by atoms with Gasteiger partial charge in [0.1, 0.15) is 0 Å². The van der Waals surface area contributed by atoms with E-state index in [2.05, 4.69) is 0 Å². The smallest absolute Gasteiger partial charge is 0.0646 e. The van der Waals surface area contributed by atoms with Gasteiger partial charge in [-0.05, 0) is 89.9 Å². The van der Waals surface area contributed by atoms with Gasteiger partial charge in [-0.1, -0.05) is 114 Å². The first-order valence-corrected chi connectivity index (χ1v) is 12.9. The van der Waals surface area contributed by atoms with Crippen LogP contribution in [0.25, 0.3) is 21.9 Å². The van der Waals surface area contributed by atoms with Crippen LogP contribution in [0.1, 0.15) is 35.7 Å². The van der Waals surface area contributed by atoms with Crippen LogP contribution in [0, 0.1) is 6.92 Å². The second-order valence-electron chi connectivity index (χ2n) is 9.04. The molecule has 0 aliphatic heterocycles. The number of nitrogens with zero attached hydrogens (tertiary/aromatic N) is 2. The summed E-state index contributed by atoms with van der Waals surface area (Å²) in [6, 6.07) is -8.10. The minimum atomic E-state index is -1.07. The summed E-state index contributed by atoms with van der Waals surface area (Å²) in [5, 5.41) is 0.875. The van der Waals surface area contributed by atoms with Gasteiger partial charge < -0.3 is 9.80 Å². The van der Waals surface area contributed by atoms with E-state index in [-0.39, 0.29) is 11.3 Å². The first-order chi connectivity index (χ1) is 30.4. The van der Waals surface area contributed by atoms with Crippen molar-refractivity contribution in [1.29, 1.82) is 0 Å². The molecule has 0 unspecified atom stereocenters. The van der Waals surface area contributed by atoms with Crippen molar-refractivity contribution >= 4 is 44.9 Å². The average Bonchev–Trinajstić information content (AvgIpc) is 3.29. The molecule has 0 heterocycles. The minimum absolute atomic E-state index is 0.00196. The Labute approximate surface area is 284 Å². The van der Waals surface area contributed by atoms with Crippen molar-refractivity contribution in [2.75, 3.05) is 9.80 Å². The molecule has 0 spiro atoms. The normalized spacial score (nSPS) is 18.1. The van der Waals surface area contributed by atoms with Gasteiger partial charge in [-0.3, -0.25) is 0 Å². The molecule has 0 aliphatic carbocycles. The van der Waals surface area contributed by atoms with Gasteiger partial charge in [0.2, 0.25) is 0 Å². The topological polar surface area (TPSA) is 6.48 Å². The molecular formula is C41H32N2. The summed E-state index contributed by atoms with van der Waals surface area (Å²) >= 11 is 0. The van der Waals surface area contributed by atoms with Crippen LogP contribution in [0.3, 0.4) is 0 Å². The van der Waals surface area contributed by atoms with E-state index in [9.17, 15) is 11.0 Å². The van der Waals surface area contributed by atoms with Crippen molar-refractivity contribution in [1.82, 2.24) is 0 Å². The lowest BCUT2D eigenvalue weighted by Gasteiger charge is -2.29. The summed E-state index contributed by atoms with van der Waals surface area (Å²) < 4.78 is 195. The second kappa shape index (κ2) is 11.7. The van der Waals surface area contributed by atoms with Crippen LogP contribution < -0.4 is 9.80 Å². The molecule has 0 aliphatic rings. The fourth-order valence-electron chi connectivity index (χ4n) is 4.37. The highest BCUT2D eigenvalue weighted by Crippen LogP contribution is 2.41. The third kappa shape index (κ3) is 5.39. The van der Waals surface area contributed by atoms with E-state index in [0.29, 0.717) is 15.7 Å². The van der Waals surface area contributed by atoms with Crippen molar-refractivity contribution in [3.8, 4) is 11.1 Å². The summed E-state index contributed by atoms with van der Waals surface area (Å²) in [6.07, 6.45) is 0. The molecule has 7 aromatic carbocycles. The summed E-state index contributed by atoms with van der Waals surface area (Å²) in [7, 11) is 0. The molecule has 206 valence electrons. The number of fused-ring (bicyclic) bond motifs is 1. The molecule has 0 amide bonds. The Hall–Kier alpha value is -5.60. The van der Waals surface area contributed by atoms with E-state index in [4.69, 9.17) is 19.2 Å². The molecule has 0 N–H and O–H groups in total. The van der Waals surface area contributed by atoms with Crippen molar-refractivity contribution in [2.24, 2.45) is 0 Å². The highest BCUT2D eigenvalue weighted by Gasteiger charge is 2.17. The zero-order valence-electron chi connectivity index (χ0n) is 44.4. The van der Waals surface area contributed by atoms with Crippen molar-refractivity contribution in [3.05, 3.63) is 181 Å². The van der Waals surface area contributed by atoms with E-state index in [1.807, 2.05) is 0 Å². The summed E-state index contributed by atoms with van der Waals surface area (Å²) in [4.78, 5) is 1.43. The Kier molecular flexibility index (Phi) is 3.16. The van der Waals surface area contributed by atoms with Gasteiger partial charge >= 0.3 is 0 Å². The molecule has 0 bridgehead atoms. The molecule has 0 atom stereocenters. The molecule has 43 heavy (non-hydrogen) atoms. The van der Waals surface area contributed by atoms with Gasteiger partial charge in [0.05, 0.1) is 35.8 Å². The highest BCUT2D eigenvalue weighted by atomic mass is 15.2. The van der Waals surface area contributed by atoms with Crippen molar-refractivity contribution in [2.45, 2.75) is 6.92 Å². The Morgan fingerprint density at radius 1 is 0.419 bits per heavy atom. The van der Waals surface area contributed by atoms with Crippen LogP contribution in [0.2, 0.25) is 0 Å². The molecular weight excluding hydrogens is 520 g/mol. The second-order valence-corrected chi connectivity index (χ2v) is 9.04. The molecule has 0 radical (unpaired) electrons. The number of para-hydroxylation sites is 2. The maximum atomic E-state index is 9.57. The molecule has 0 saturated heterocycles. The number of hydrogen-bond donors (Lipinski definition) is 0.